The lowest BCUT2D eigenvalue weighted by molar-refractivity contribution is -0.118. The summed E-state index contributed by atoms with van der Waals surface area (Å²) in [7, 11) is -0.717. The van der Waals surface area contributed by atoms with Crippen LogP contribution in [0.1, 0.15) is 5.56 Å². The molecule has 32 heavy (non-hydrogen) atoms. The summed E-state index contributed by atoms with van der Waals surface area (Å²) >= 11 is 5.92. The quantitative estimate of drug-likeness (QED) is 0.467. The second-order valence-electron chi connectivity index (χ2n) is 7.18. The minimum Gasteiger partial charge on any atom is -0.497 e. The van der Waals surface area contributed by atoms with Crippen LogP contribution in [-0.2, 0) is 21.2 Å². The van der Waals surface area contributed by atoms with E-state index in [4.69, 9.17) is 16.3 Å². The molecule has 0 bridgehead atoms. The molecule has 168 valence electrons. The number of nitrogens with zero attached hydrogens (tertiary/aromatic N) is 2. The van der Waals surface area contributed by atoms with Crippen LogP contribution in [0.5, 0.6) is 5.75 Å². The molecule has 0 spiro atoms. The number of halogens is 1. The van der Waals surface area contributed by atoms with Crippen molar-refractivity contribution in [2.75, 3.05) is 32.1 Å². The van der Waals surface area contributed by atoms with Gasteiger partial charge in [-0.25, -0.2) is 8.42 Å². The van der Waals surface area contributed by atoms with E-state index in [1.807, 2.05) is 30.3 Å². The number of hydrogen-bond donors (Lipinski definition) is 0. The Labute approximate surface area is 194 Å². The van der Waals surface area contributed by atoms with Crippen molar-refractivity contribution in [1.29, 1.82) is 0 Å². The first-order chi connectivity index (χ1) is 15.3. The molecule has 0 aliphatic carbocycles. The van der Waals surface area contributed by atoms with Crippen molar-refractivity contribution in [1.82, 2.24) is 4.31 Å². The zero-order valence-electron chi connectivity index (χ0n) is 17.9. The Hall–Kier alpha value is -2.87. The zero-order chi connectivity index (χ0) is 23.1. The summed E-state index contributed by atoms with van der Waals surface area (Å²) < 4.78 is 33.0. The first-order valence-corrected chi connectivity index (χ1v) is 11.8. The van der Waals surface area contributed by atoms with Gasteiger partial charge < -0.3 is 9.64 Å². The highest BCUT2D eigenvalue weighted by Gasteiger charge is 2.28. The number of ether oxygens (including phenoxy) is 1. The first kappa shape index (κ1) is 23.8. The first-order valence-electron chi connectivity index (χ1n) is 10.0. The Balaban J connectivity index is 1.83. The van der Waals surface area contributed by atoms with Crippen molar-refractivity contribution in [3.05, 3.63) is 89.4 Å². The lowest BCUT2D eigenvalue weighted by Crippen LogP contribution is -2.42. The predicted molar refractivity (Wildman–Crippen MR) is 127 cm³/mol. The van der Waals surface area contributed by atoms with Gasteiger partial charge in [0.25, 0.3) is 0 Å². The van der Waals surface area contributed by atoms with E-state index in [9.17, 15) is 13.2 Å². The summed E-state index contributed by atoms with van der Waals surface area (Å²) in [6, 6.07) is 22.5. The minimum absolute atomic E-state index is 0.0925. The SMILES string of the molecule is COc1ccc(N(C)C(=O)CN(CCc2ccccc2)S(=O)(=O)c2ccc(Cl)cc2)cc1. The van der Waals surface area contributed by atoms with Crippen LogP contribution < -0.4 is 9.64 Å². The molecular formula is C24H25ClN2O4S. The lowest BCUT2D eigenvalue weighted by Gasteiger charge is -2.25. The van der Waals surface area contributed by atoms with Gasteiger partial charge in [-0.15, -0.1) is 0 Å². The molecule has 0 aliphatic heterocycles. The van der Waals surface area contributed by atoms with Crippen molar-refractivity contribution in [2.45, 2.75) is 11.3 Å². The molecule has 0 heterocycles. The number of carbonyl (C=O) groups excluding carboxylic acids is 1. The molecule has 0 fully saturated rings. The average Bonchev–Trinajstić information content (AvgIpc) is 2.82. The Morgan fingerprint density at radius 2 is 1.56 bits per heavy atom. The van der Waals surface area contributed by atoms with Gasteiger partial charge in [0.2, 0.25) is 15.9 Å². The number of carbonyl (C=O) groups is 1. The van der Waals surface area contributed by atoms with E-state index in [0.717, 1.165) is 5.56 Å². The fourth-order valence-electron chi connectivity index (χ4n) is 3.15. The van der Waals surface area contributed by atoms with E-state index < -0.39 is 10.0 Å². The number of hydrogen-bond acceptors (Lipinski definition) is 4. The maximum absolute atomic E-state index is 13.3. The molecule has 8 heteroatoms. The molecule has 0 N–H and O–H groups in total. The van der Waals surface area contributed by atoms with E-state index in [-0.39, 0.29) is 23.9 Å². The monoisotopic (exact) mass is 472 g/mol. The third-order valence-corrected chi connectivity index (χ3v) is 7.20. The molecule has 0 saturated heterocycles. The molecule has 0 unspecified atom stereocenters. The van der Waals surface area contributed by atoms with Crippen LogP contribution in [0.25, 0.3) is 0 Å². The summed E-state index contributed by atoms with van der Waals surface area (Å²) in [5.74, 6) is 0.324. The molecule has 0 aromatic heterocycles. The number of rotatable bonds is 9. The fourth-order valence-corrected chi connectivity index (χ4v) is 4.66. The van der Waals surface area contributed by atoms with Crippen LogP contribution in [-0.4, -0.2) is 45.9 Å². The van der Waals surface area contributed by atoms with Crippen LogP contribution in [0.2, 0.25) is 5.02 Å². The highest BCUT2D eigenvalue weighted by atomic mass is 35.5. The van der Waals surface area contributed by atoms with Crippen molar-refractivity contribution < 1.29 is 17.9 Å². The number of sulfonamides is 1. The van der Waals surface area contributed by atoms with E-state index in [1.165, 1.54) is 33.5 Å². The summed E-state index contributed by atoms with van der Waals surface area (Å²) in [4.78, 5) is 14.5. The zero-order valence-corrected chi connectivity index (χ0v) is 19.5. The summed E-state index contributed by atoms with van der Waals surface area (Å²) in [6.07, 6.45) is 0.479. The second-order valence-corrected chi connectivity index (χ2v) is 9.55. The van der Waals surface area contributed by atoms with Gasteiger partial charge >= 0.3 is 0 Å². The second kappa shape index (κ2) is 10.6. The molecule has 0 saturated carbocycles. The molecule has 3 aromatic rings. The van der Waals surface area contributed by atoms with Crippen molar-refractivity contribution in [2.24, 2.45) is 0 Å². The van der Waals surface area contributed by atoms with Gasteiger partial charge in [-0.1, -0.05) is 41.9 Å². The minimum atomic E-state index is -3.90. The highest BCUT2D eigenvalue weighted by Crippen LogP contribution is 2.21. The van der Waals surface area contributed by atoms with Crippen LogP contribution in [0.3, 0.4) is 0 Å². The average molecular weight is 473 g/mol. The lowest BCUT2D eigenvalue weighted by atomic mass is 10.1. The Kier molecular flexibility index (Phi) is 7.90. The van der Waals surface area contributed by atoms with Crippen LogP contribution in [0, 0.1) is 0 Å². The number of amides is 1. The summed E-state index contributed by atoms with van der Waals surface area (Å²) in [5, 5.41) is 0.440. The summed E-state index contributed by atoms with van der Waals surface area (Å²) in [6.45, 7) is -0.127. The van der Waals surface area contributed by atoms with Gasteiger partial charge in [-0.2, -0.15) is 4.31 Å². The van der Waals surface area contributed by atoms with Gasteiger partial charge in [0.15, 0.2) is 0 Å². The molecule has 3 rings (SSSR count). The van der Waals surface area contributed by atoms with E-state index >= 15 is 0 Å². The molecule has 1 amide bonds. The molecule has 6 nitrogen and oxygen atoms in total. The molecule has 0 radical (unpaired) electrons. The predicted octanol–water partition coefficient (Wildman–Crippen LogP) is 4.25. The topological polar surface area (TPSA) is 66.9 Å². The van der Waals surface area contributed by atoms with Crippen LogP contribution in [0.4, 0.5) is 5.69 Å². The maximum atomic E-state index is 13.3. The van der Waals surface area contributed by atoms with Gasteiger partial charge in [0.05, 0.1) is 18.6 Å². The Morgan fingerprint density at radius 1 is 0.938 bits per heavy atom. The fraction of sp³-hybridized carbons (Fsp3) is 0.208. The summed E-state index contributed by atoms with van der Waals surface area (Å²) in [5.41, 5.74) is 1.63. The molecular weight excluding hydrogens is 448 g/mol. The maximum Gasteiger partial charge on any atom is 0.243 e. The highest BCUT2D eigenvalue weighted by molar-refractivity contribution is 7.89. The van der Waals surface area contributed by atoms with Gasteiger partial charge in [-0.3, -0.25) is 4.79 Å². The van der Waals surface area contributed by atoms with E-state index in [0.29, 0.717) is 22.9 Å². The number of anilines is 1. The smallest absolute Gasteiger partial charge is 0.243 e. The van der Waals surface area contributed by atoms with E-state index in [2.05, 4.69) is 0 Å². The van der Waals surface area contributed by atoms with Gasteiger partial charge in [0.1, 0.15) is 5.75 Å². The van der Waals surface area contributed by atoms with Crippen molar-refractivity contribution in [3.63, 3.8) is 0 Å². The van der Waals surface area contributed by atoms with Crippen molar-refractivity contribution in [3.8, 4) is 5.75 Å². The largest absolute Gasteiger partial charge is 0.497 e. The van der Waals surface area contributed by atoms with Gasteiger partial charge in [0, 0.05) is 24.3 Å². The third kappa shape index (κ3) is 5.88. The number of benzene rings is 3. The van der Waals surface area contributed by atoms with E-state index in [1.54, 1.807) is 38.4 Å². The van der Waals surface area contributed by atoms with Gasteiger partial charge in [-0.05, 0) is 60.5 Å². The molecule has 0 atom stereocenters. The third-order valence-electron chi connectivity index (χ3n) is 5.09. The molecule has 3 aromatic carbocycles. The normalized spacial score (nSPS) is 11.4. The standard InChI is InChI=1S/C24H25ClN2O4S/c1-26(21-10-12-22(31-2)13-11-21)24(28)18-27(17-16-19-6-4-3-5-7-19)32(29,30)23-14-8-20(25)9-15-23/h3-15H,16-18H2,1-2H3. The van der Waals surface area contributed by atoms with Crippen LogP contribution >= 0.6 is 11.6 Å². The molecule has 0 aliphatic rings. The van der Waals surface area contributed by atoms with Crippen molar-refractivity contribution >= 4 is 33.2 Å². The Bertz CT molecular complexity index is 1130. The number of likely N-dealkylation sites (N-methyl/N-ethyl adjacent to an activating group) is 1. The Morgan fingerprint density at radius 3 is 2.16 bits per heavy atom. The number of methoxy groups -OCH3 is 1. The van der Waals surface area contributed by atoms with Crippen LogP contribution in [0.15, 0.2) is 83.8 Å².